The molecule has 4 aromatic rings. The van der Waals surface area contributed by atoms with Crippen molar-refractivity contribution in [1.82, 2.24) is 9.47 Å². The third kappa shape index (κ3) is 4.56. The molecule has 0 saturated carbocycles. The smallest absolute Gasteiger partial charge is 0.293 e. The number of imide groups is 1. The van der Waals surface area contributed by atoms with Crippen molar-refractivity contribution in [1.29, 1.82) is 0 Å². The van der Waals surface area contributed by atoms with Crippen molar-refractivity contribution < 1.29 is 14.3 Å². The minimum Gasteiger partial charge on any atom is -0.492 e. The zero-order valence-corrected chi connectivity index (χ0v) is 18.7. The lowest BCUT2D eigenvalue weighted by atomic mass is 10.1. The van der Waals surface area contributed by atoms with Crippen molar-refractivity contribution in [2.45, 2.75) is 13.1 Å². The van der Waals surface area contributed by atoms with Gasteiger partial charge in [-0.1, -0.05) is 66.7 Å². The highest BCUT2D eigenvalue weighted by Crippen LogP contribution is 2.35. The average Bonchev–Trinajstić information content (AvgIpc) is 3.33. The van der Waals surface area contributed by atoms with Gasteiger partial charge >= 0.3 is 0 Å². The fourth-order valence-corrected chi connectivity index (χ4v) is 4.73. The number of aromatic nitrogens is 1. The number of ether oxygens (including phenoxy) is 1. The molecule has 5 rings (SSSR count). The SMILES string of the molecule is O=C1S/C(=C\c2cn(CCOc3ccccc3)c3ccccc23)C(=O)N1Cc1ccccc1. The largest absolute Gasteiger partial charge is 0.492 e. The van der Waals surface area contributed by atoms with Gasteiger partial charge in [-0.3, -0.25) is 14.5 Å². The van der Waals surface area contributed by atoms with Crippen molar-refractivity contribution >= 4 is 39.9 Å². The van der Waals surface area contributed by atoms with E-state index in [9.17, 15) is 9.59 Å². The highest BCUT2D eigenvalue weighted by atomic mass is 32.2. The Morgan fingerprint density at radius 3 is 2.33 bits per heavy atom. The molecule has 0 radical (unpaired) electrons. The molecule has 1 fully saturated rings. The molecule has 0 bridgehead atoms. The summed E-state index contributed by atoms with van der Waals surface area (Å²) in [7, 11) is 0. The quantitative estimate of drug-likeness (QED) is 0.324. The van der Waals surface area contributed by atoms with E-state index in [1.807, 2.05) is 91.1 Å². The van der Waals surface area contributed by atoms with Gasteiger partial charge in [0.25, 0.3) is 11.1 Å². The first-order valence-corrected chi connectivity index (χ1v) is 11.6. The average molecular weight is 455 g/mol. The first-order valence-electron chi connectivity index (χ1n) is 10.7. The van der Waals surface area contributed by atoms with Crippen LogP contribution in [0.15, 0.2) is 96.0 Å². The van der Waals surface area contributed by atoms with E-state index >= 15 is 0 Å². The van der Waals surface area contributed by atoms with Crippen molar-refractivity contribution in [2.24, 2.45) is 0 Å². The van der Waals surface area contributed by atoms with Gasteiger partial charge in [0.2, 0.25) is 0 Å². The second-order valence-electron chi connectivity index (χ2n) is 7.71. The van der Waals surface area contributed by atoms with E-state index in [4.69, 9.17) is 4.74 Å². The number of nitrogens with zero attached hydrogens (tertiary/aromatic N) is 2. The minimum atomic E-state index is -0.252. The van der Waals surface area contributed by atoms with E-state index < -0.39 is 0 Å². The summed E-state index contributed by atoms with van der Waals surface area (Å²) in [5.74, 6) is 0.583. The van der Waals surface area contributed by atoms with Gasteiger partial charge in [-0.15, -0.1) is 0 Å². The third-order valence-corrected chi connectivity index (χ3v) is 6.41. The van der Waals surface area contributed by atoms with Crippen LogP contribution in [-0.2, 0) is 17.9 Å². The maximum atomic E-state index is 13.0. The number of rotatable bonds is 7. The van der Waals surface area contributed by atoms with Gasteiger partial charge in [0.05, 0.1) is 18.0 Å². The van der Waals surface area contributed by atoms with Gasteiger partial charge in [0.15, 0.2) is 0 Å². The van der Waals surface area contributed by atoms with E-state index in [0.717, 1.165) is 39.5 Å². The van der Waals surface area contributed by atoms with Gasteiger partial charge in [-0.05, 0) is 41.6 Å². The standard InChI is InChI=1S/C27H22N2O3S/c30-26-25(33-27(31)29(26)18-20-9-3-1-4-10-20)17-21-19-28(24-14-8-7-13-23(21)24)15-16-32-22-11-5-2-6-12-22/h1-14,17,19H,15-16,18H2/b25-17-. The molecule has 1 aromatic heterocycles. The number of fused-ring (bicyclic) bond motifs is 1. The van der Waals surface area contributed by atoms with Crippen molar-refractivity contribution in [3.8, 4) is 5.75 Å². The summed E-state index contributed by atoms with van der Waals surface area (Å²) in [5, 5.41) is 0.794. The van der Waals surface area contributed by atoms with Gasteiger partial charge in [-0.25, -0.2) is 0 Å². The molecule has 3 aromatic carbocycles. The van der Waals surface area contributed by atoms with Gasteiger partial charge in [-0.2, -0.15) is 0 Å². The van der Waals surface area contributed by atoms with Crippen LogP contribution < -0.4 is 4.74 Å². The molecule has 0 aliphatic carbocycles. The van der Waals surface area contributed by atoms with Crippen LogP contribution in [0, 0.1) is 0 Å². The Bertz CT molecular complexity index is 1330. The summed E-state index contributed by atoms with van der Waals surface area (Å²) in [6.45, 7) is 1.47. The molecule has 5 nitrogen and oxygen atoms in total. The van der Waals surface area contributed by atoms with Crippen LogP contribution in [0.5, 0.6) is 5.75 Å². The number of para-hydroxylation sites is 2. The Balaban J connectivity index is 1.37. The minimum absolute atomic E-state index is 0.241. The van der Waals surface area contributed by atoms with Crippen LogP contribution in [0.3, 0.4) is 0 Å². The zero-order valence-electron chi connectivity index (χ0n) is 17.9. The maximum absolute atomic E-state index is 13.0. The first kappa shape index (κ1) is 21.1. The molecule has 2 heterocycles. The first-order chi connectivity index (χ1) is 16.2. The molecule has 0 N–H and O–H groups in total. The van der Waals surface area contributed by atoms with Crippen molar-refractivity contribution in [3.05, 3.63) is 107 Å². The number of thioether (sulfide) groups is 1. The molecular formula is C27H22N2O3S. The Morgan fingerprint density at radius 2 is 1.55 bits per heavy atom. The summed E-state index contributed by atoms with van der Waals surface area (Å²) in [6, 6.07) is 27.3. The Labute approximate surface area is 196 Å². The van der Waals surface area contributed by atoms with Crippen molar-refractivity contribution in [2.75, 3.05) is 6.61 Å². The molecule has 0 unspecified atom stereocenters. The highest BCUT2D eigenvalue weighted by Gasteiger charge is 2.35. The molecule has 6 heteroatoms. The molecule has 1 aliphatic heterocycles. The molecule has 33 heavy (non-hydrogen) atoms. The second kappa shape index (κ2) is 9.38. The lowest BCUT2D eigenvalue weighted by Crippen LogP contribution is -2.27. The van der Waals surface area contributed by atoms with Crippen LogP contribution in [0.2, 0.25) is 0 Å². The number of benzene rings is 3. The number of carbonyl (C=O) groups is 2. The van der Waals surface area contributed by atoms with E-state index in [-0.39, 0.29) is 17.7 Å². The normalized spacial score (nSPS) is 15.0. The molecule has 0 atom stereocenters. The number of hydrogen-bond acceptors (Lipinski definition) is 4. The van der Waals surface area contributed by atoms with Crippen molar-refractivity contribution in [3.63, 3.8) is 0 Å². The van der Waals surface area contributed by atoms with Gasteiger partial charge in [0.1, 0.15) is 12.4 Å². The summed E-state index contributed by atoms with van der Waals surface area (Å²) in [6.07, 6.45) is 3.84. The fourth-order valence-electron chi connectivity index (χ4n) is 3.90. The summed E-state index contributed by atoms with van der Waals surface area (Å²) in [4.78, 5) is 27.3. The Kier molecular flexibility index (Phi) is 6.00. The molecular weight excluding hydrogens is 432 g/mol. The molecule has 1 saturated heterocycles. The molecule has 164 valence electrons. The second-order valence-corrected chi connectivity index (χ2v) is 8.70. The molecule has 1 aliphatic rings. The Morgan fingerprint density at radius 1 is 0.848 bits per heavy atom. The van der Waals surface area contributed by atoms with Gasteiger partial charge < -0.3 is 9.30 Å². The summed E-state index contributed by atoms with van der Waals surface area (Å²) < 4.78 is 7.98. The van der Waals surface area contributed by atoms with E-state index in [1.165, 1.54) is 4.90 Å². The fraction of sp³-hybridized carbons (Fsp3) is 0.111. The topological polar surface area (TPSA) is 51.5 Å². The monoisotopic (exact) mass is 454 g/mol. The lowest BCUT2D eigenvalue weighted by molar-refractivity contribution is -0.123. The maximum Gasteiger partial charge on any atom is 0.293 e. The predicted octanol–water partition coefficient (Wildman–Crippen LogP) is 5.96. The summed E-state index contributed by atoms with van der Waals surface area (Å²) in [5.41, 5.74) is 2.90. The van der Waals surface area contributed by atoms with Crippen LogP contribution in [-0.4, -0.2) is 27.2 Å². The lowest BCUT2D eigenvalue weighted by Gasteiger charge is -2.12. The van der Waals surface area contributed by atoms with Gasteiger partial charge in [0, 0.05) is 22.7 Å². The van der Waals surface area contributed by atoms with Crippen LogP contribution in [0.1, 0.15) is 11.1 Å². The van der Waals surface area contributed by atoms with E-state index in [2.05, 4.69) is 10.6 Å². The number of amides is 2. The highest BCUT2D eigenvalue weighted by molar-refractivity contribution is 8.18. The summed E-state index contributed by atoms with van der Waals surface area (Å²) >= 11 is 0.993. The van der Waals surface area contributed by atoms with E-state index in [0.29, 0.717) is 18.1 Å². The third-order valence-electron chi connectivity index (χ3n) is 5.51. The number of carbonyl (C=O) groups excluding carboxylic acids is 2. The molecule has 0 spiro atoms. The predicted molar refractivity (Wildman–Crippen MR) is 132 cm³/mol. The zero-order chi connectivity index (χ0) is 22.6. The number of hydrogen-bond donors (Lipinski definition) is 0. The van der Waals surface area contributed by atoms with Crippen LogP contribution >= 0.6 is 11.8 Å². The van der Waals surface area contributed by atoms with E-state index in [1.54, 1.807) is 0 Å². The Hall–Kier alpha value is -3.77. The van der Waals surface area contributed by atoms with Crippen LogP contribution in [0.4, 0.5) is 4.79 Å². The molecule has 2 amide bonds. The van der Waals surface area contributed by atoms with Crippen LogP contribution in [0.25, 0.3) is 17.0 Å².